The summed E-state index contributed by atoms with van der Waals surface area (Å²) in [6, 6.07) is 3.49. The van der Waals surface area contributed by atoms with Crippen molar-refractivity contribution in [1.82, 2.24) is 4.90 Å². The largest absolute Gasteiger partial charge is 0.459 e. The van der Waals surface area contributed by atoms with E-state index in [1.54, 1.807) is 12.1 Å². The molecule has 2 amide bonds. The van der Waals surface area contributed by atoms with Gasteiger partial charge in [0, 0.05) is 13.0 Å². The molecule has 29 heavy (non-hydrogen) atoms. The van der Waals surface area contributed by atoms with E-state index in [-0.39, 0.29) is 25.0 Å². The molecule has 2 aliphatic rings. The van der Waals surface area contributed by atoms with Crippen LogP contribution in [0.3, 0.4) is 0 Å². The van der Waals surface area contributed by atoms with Crippen molar-refractivity contribution >= 4 is 17.9 Å². The number of rotatable bonds is 7. The summed E-state index contributed by atoms with van der Waals surface area (Å²) in [5.41, 5.74) is 2.58. The molecule has 1 aliphatic carbocycles. The minimum Gasteiger partial charge on any atom is -0.459 e. The highest BCUT2D eigenvalue weighted by Gasteiger charge is 2.53. The molecule has 1 saturated heterocycles. The van der Waals surface area contributed by atoms with Crippen molar-refractivity contribution in [3.63, 3.8) is 0 Å². The van der Waals surface area contributed by atoms with E-state index in [4.69, 9.17) is 9.52 Å². The summed E-state index contributed by atoms with van der Waals surface area (Å²) in [4.78, 5) is 26.0. The highest BCUT2D eigenvalue weighted by molar-refractivity contribution is 6.05. The Morgan fingerprint density at radius 3 is 2.66 bits per heavy atom. The van der Waals surface area contributed by atoms with Crippen LogP contribution in [0.15, 0.2) is 33.3 Å². The Bertz CT molecular complexity index is 851. The molecule has 1 fully saturated rings. The SMILES string of the molecule is CC1=C([C@H](O)CC/C(C)=C/c2ccc(CO)o2)[C@H](CO)[C@@H]2C(=O)N(C)C(=O)[C@@H]2C1. The molecule has 0 radical (unpaired) electrons. The quantitative estimate of drug-likeness (QED) is 0.473. The summed E-state index contributed by atoms with van der Waals surface area (Å²) < 4.78 is 5.45. The van der Waals surface area contributed by atoms with Crippen molar-refractivity contribution in [1.29, 1.82) is 0 Å². The first kappa shape index (κ1) is 21.5. The molecular formula is C22H29NO6. The van der Waals surface area contributed by atoms with E-state index >= 15 is 0 Å². The van der Waals surface area contributed by atoms with Gasteiger partial charge in [-0.1, -0.05) is 11.1 Å². The predicted octanol–water partition coefficient (Wildman–Crippen LogP) is 1.88. The molecule has 0 aromatic carbocycles. The van der Waals surface area contributed by atoms with Gasteiger partial charge in [0.1, 0.15) is 18.1 Å². The number of nitrogens with zero attached hydrogens (tertiary/aromatic N) is 1. The number of fused-ring (bicyclic) bond motifs is 1. The summed E-state index contributed by atoms with van der Waals surface area (Å²) in [5.74, 6) is -0.914. The van der Waals surface area contributed by atoms with Crippen LogP contribution >= 0.6 is 0 Å². The first-order chi connectivity index (χ1) is 13.8. The predicted molar refractivity (Wildman–Crippen MR) is 106 cm³/mol. The van der Waals surface area contributed by atoms with Crippen LogP contribution in [0.4, 0.5) is 0 Å². The molecule has 7 nitrogen and oxygen atoms in total. The first-order valence-corrected chi connectivity index (χ1v) is 9.95. The van der Waals surface area contributed by atoms with Crippen LogP contribution in [-0.2, 0) is 16.2 Å². The normalized spacial score (nSPS) is 26.3. The van der Waals surface area contributed by atoms with Crippen LogP contribution in [0.2, 0.25) is 0 Å². The molecule has 2 heterocycles. The molecule has 0 saturated carbocycles. The summed E-state index contributed by atoms with van der Waals surface area (Å²) in [7, 11) is 1.48. The number of amides is 2. The Hall–Kier alpha value is -2.22. The summed E-state index contributed by atoms with van der Waals surface area (Å²) in [5, 5.41) is 29.9. The van der Waals surface area contributed by atoms with Crippen molar-refractivity contribution in [3.05, 3.63) is 40.4 Å². The van der Waals surface area contributed by atoms with E-state index in [0.717, 1.165) is 16.0 Å². The van der Waals surface area contributed by atoms with E-state index in [2.05, 4.69) is 0 Å². The van der Waals surface area contributed by atoms with Crippen LogP contribution in [0.25, 0.3) is 6.08 Å². The number of aliphatic hydroxyl groups is 3. The monoisotopic (exact) mass is 403 g/mol. The molecule has 1 aromatic rings. The number of hydrogen-bond acceptors (Lipinski definition) is 6. The van der Waals surface area contributed by atoms with Gasteiger partial charge in [-0.2, -0.15) is 0 Å². The molecule has 1 aromatic heterocycles. The molecule has 3 N–H and O–H groups in total. The Kier molecular flexibility index (Phi) is 6.41. The molecule has 3 rings (SSSR count). The van der Waals surface area contributed by atoms with Gasteiger partial charge in [0.2, 0.25) is 11.8 Å². The molecule has 0 bridgehead atoms. The summed E-state index contributed by atoms with van der Waals surface area (Å²) in [6.45, 7) is 3.38. The fraction of sp³-hybridized carbons (Fsp3) is 0.545. The third-order valence-electron chi connectivity index (χ3n) is 6.14. The Morgan fingerprint density at radius 2 is 2.03 bits per heavy atom. The number of hydrogen-bond donors (Lipinski definition) is 3. The molecule has 0 unspecified atom stereocenters. The topological polar surface area (TPSA) is 111 Å². The van der Waals surface area contributed by atoms with Crippen molar-refractivity contribution in [2.45, 2.75) is 45.8 Å². The highest BCUT2D eigenvalue weighted by atomic mass is 16.4. The Morgan fingerprint density at radius 1 is 1.31 bits per heavy atom. The molecule has 0 spiro atoms. The lowest BCUT2D eigenvalue weighted by Crippen LogP contribution is -2.38. The van der Waals surface area contributed by atoms with Gasteiger partial charge < -0.3 is 19.7 Å². The second-order valence-electron chi connectivity index (χ2n) is 8.10. The van der Waals surface area contributed by atoms with Gasteiger partial charge in [0.05, 0.1) is 24.5 Å². The standard InChI is InChI=1S/C22H29NO6/c1-12(8-14-5-6-15(10-24)29-14)4-7-18(26)19-13(2)9-16-20(17(19)11-25)22(28)23(3)21(16)27/h5-6,8,16-18,20,24-26H,4,7,9-11H2,1-3H3/b12-8+/t16-,17+,18-,20-/m1/s1. The molecule has 7 heteroatoms. The number of aliphatic hydroxyl groups excluding tert-OH is 3. The number of imide groups is 1. The van der Waals surface area contributed by atoms with Crippen LogP contribution in [-0.4, -0.2) is 51.8 Å². The van der Waals surface area contributed by atoms with Crippen LogP contribution < -0.4 is 0 Å². The van der Waals surface area contributed by atoms with Crippen LogP contribution in [0.5, 0.6) is 0 Å². The second-order valence-corrected chi connectivity index (χ2v) is 8.10. The molecule has 1 aliphatic heterocycles. The lowest BCUT2D eigenvalue weighted by molar-refractivity contribution is -0.138. The van der Waals surface area contributed by atoms with Gasteiger partial charge in [0.15, 0.2) is 0 Å². The Labute approximate surface area is 170 Å². The van der Waals surface area contributed by atoms with Gasteiger partial charge in [0.25, 0.3) is 0 Å². The zero-order valence-electron chi connectivity index (χ0n) is 17.1. The smallest absolute Gasteiger partial charge is 0.233 e. The maximum atomic E-state index is 12.5. The maximum absolute atomic E-state index is 12.5. The Balaban J connectivity index is 1.73. The number of carbonyl (C=O) groups excluding carboxylic acids is 2. The van der Waals surface area contributed by atoms with E-state index in [9.17, 15) is 19.8 Å². The van der Waals surface area contributed by atoms with E-state index in [0.29, 0.717) is 36.4 Å². The van der Waals surface area contributed by atoms with Crippen molar-refractivity contribution in [2.75, 3.05) is 13.7 Å². The van der Waals surface area contributed by atoms with E-state index < -0.39 is 23.9 Å². The van der Waals surface area contributed by atoms with Crippen LogP contribution in [0.1, 0.15) is 44.6 Å². The van der Waals surface area contributed by atoms with Gasteiger partial charge in [-0.15, -0.1) is 0 Å². The second kappa shape index (κ2) is 8.65. The van der Waals surface area contributed by atoms with Crippen molar-refractivity contribution in [2.24, 2.45) is 17.8 Å². The zero-order chi connectivity index (χ0) is 21.3. The third kappa shape index (κ3) is 4.08. The van der Waals surface area contributed by atoms with Crippen molar-refractivity contribution in [3.8, 4) is 0 Å². The fourth-order valence-corrected chi connectivity index (χ4v) is 4.67. The minimum atomic E-state index is -0.796. The number of furan rings is 1. The lowest BCUT2D eigenvalue weighted by atomic mass is 9.68. The summed E-state index contributed by atoms with van der Waals surface area (Å²) in [6.07, 6.45) is 2.55. The first-order valence-electron chi connectivity index (χ1n) is 9.95. The van der Waals surface area contributed by atoms with Gasteiger partial charge in [-0.3, -0.25) is 14.5 Å². The number of carbonyl (C=O) groups is 2. The highest BCUT2D eigenvalue weighted by Crippen LogP contribution is 2.45. The number of allylic oxidation sites excluding steroid dienone is 2. The minimum absolute atomic E-state index is 0.153. The van der Waals surface area contributed by atoms with Gasteiger partial charge >= 0.3 is 0 Å². The van der Waals surface area contributed by atoms with Gasteiger partial charge in [-0.05, 0) is 56.9 Å². The average Bonchev–Trinajstić information content (AvgIpc) is 3.24. The lowest BCUT2D eigenvalue weighted by Gasteiger charge is -2.35. The van der Waals surface area contributed by atoms with E-state index in [1.807, 2.05) is 19.9 Å². The van der Waals surface area contributed by atoms with Crippen LogP contribution in [0, 0.1) is 17.8 Å². The fourth-order valence-electron chi connectivity index (χ4n) is 4.67. The van der Waals surface area contributed by atoms with Gasteiger partial charge in [-0.25, -0.2) is 0 Å². The number of likely N-dealkylation sites (tertiary alicyclic amines) is 1. The average molecular weight is 403 g/mol. The third-order valence-corrected chi connectivity index (χ3v) is 6.14. The molecule has 4 atom stereocenters. The zero-order valence-corrected chi connectivity index (χ0v) is 17.1. The van der Waals surface area contributed by atoms with Crippen molar-refractivity contribution < 1.29 is 29.3 Å². The summed E-state index contributed by atoms with van der Waals surface area (Å²) >= 11 is 0. The maximum Gasteiger partial charge on any atom is 0.233 e. The molecule has 158 valence electrons. The molecular weight excluding hydrogens is 374 g/mol. The van der Waals surface area contributed by atoms with E-state index in [1.165, 1.54) is 7.05 Å².